The molecule has 0 saturated carbocycles. The molecule has 94 valence electrons. The molecule has 6 heteroatoms. The van der Waals surface area contributed by atoms with E-state index < -0.39 is 11.8 Å². The number of benzene rings is 1. The van der Waals surface area contributed by atoms with Crippen molar-refractivity contribution in [3.8, 4) is 11.3 Å². The molecular formula is C12H12FN3O2. The van der Waals surface area contributed by atoms with Gasteiger partial charge < -0.3 is 4.74 Å². The summed E-state index contributed by atoms with van der Waals surface area (Å²) in [4.78, 5) is 11.4. The Balaban J connectivity index is 2.51. The minimum absolute atomic E-state index is 0.163. The molecule has 0 N–H and O–H groups in total. The Labute approximate surface area is 103 Å². The number of ether oxygens (including phenoxy) is 1. The molecule has 0 fully saturated rings. The van der Waals surface area contributed by atoms with Crippen molar-refractivity contribution >= 4 is 5.97 Å². The Kier molecular flexibility index (Phi) is 3.36. The molecule has 0 aliphatic carbocycles. The molecule has 2 rings (SSSR count). The van der Waals surface area contributed by atoms with Gasteiger partial charge in [0.15, 0.2) is 0 Å². The van der Waals surface area contributed by atoms with Gasteiger partial charge in [0.25, 0.3) is 0 Å². The van der Waals surface area contributed by atoms with Gasteiger partial charge in [-0.1, -0.05) is 5.21 Å². The fourth-order valence-electron chi connectivity index (χ4n) is 1.69. The van der Waals surface area contributed by atoms with Gasteiger partial charge in [0.2, 0.25) is 0 Å². The van der Waals surface area contributed by atoms with E-state index in [0.29, 0.717) is 17.8 Å². The highest BCUT2D eigenvalue weighted by Gasteiger charge is 2.12. The highest BCUT2D eigenvalue weighted by atomic mass is 19.1. The van der Waals surface area contributed by atoms with Gasteiger partial charge in [-0.15, -0.1) is 5.10 Å². The minimum Gasteiger partial charge on any atom is -0.465 e. The second-order valence-electron chi connectivity index (χ2n) is 3.66. The van der Waals surface area contributed by atoms with Crippen LogP contribution >= 0.6 is 0 Å². The molecule has 1 aromatic heterocycles. The Bertz CT molecular complexity index is 580. The van der Waals surface area contributed by atoms with Crippen molar-refractivity contribution in [1.29, 1.82) is 0 Å². The number of halogens is 1. The maximum Gasteiger partial charge on any atom is 0.337 e. The Hall–Kier alpha value is -2.24. The van der Waals surface area contributed by atoms with Crippen LogP contribution < -0.4 is 0 Å². The van der Waals surface area contributed by atoms with E-state index in [1.807, 2.05) is 6.92 Å². The quantitative estimate of drug-likeness (QED) is 0.779. The van der Waals surface area contributed by atoms with Crippen LogP contribution in [0.15, 0.2) is 24.4 Å². The zero-order valence-corrected chi connectivity index (χ0v) is 10.1. The molecule has 0 radical (unpaired) electrons. The molecule has 0 bridgehead atoms. The summed E-state index contributed by atoms with van der Waals surface area (Å²) in [5, 5.41) is 7.63. The summed E-state index contributed by atoms with van der Waals surface area (Å²) in [5.41, 5.74) is 1.36. The Morgan fingerprint density at radius 1 is 1.44 bits per heavy atom. The average molecular weight is 249 g/mol. The standard InChI is InChI=1S/C12H12FN3O2/c1-3-16-11(7-14-15-16)8-4-9(12(17)18-2)6-10(13)5-8/h4-7H,3H2,1-2H3. The lowest BCUT2D eigenvalue weighted by Gasteiger charge is -2.06. The number of carbonyl (C=O) groups excluding carboxylic acids is 1. The summed E-state index contributed by atoms with van der Waals surface area (Å²) in [7, 11) is 1.25. The van der Waals surface area contributed by atoms with Gasteiger partial charge in [-0.05, 0) is 25.1 Å². The number of methoxy groups -OCH3 is 1. The highest BCUT2D eigenvalue weighted by molar-refractivity contribution is 5.90. The minimum atomic E-state index is -0.578. The Morgan fingerprint density at radius 2 is 2.22 bits per heavy atom. The van der Waals surface area contributed by atoms with E-state index in [-0.39, 0.29) is 5.56 Å². The predicted octanol–water partition coefficient (Wildman–Crippen LogP) is 1.89. The topological polar surface area (TPSA) is 57.0 Å². The summed E-state index contributed by atoms with van der Waals surface area (Å²) in [6.07, 6.45) is 1.53. The number of aromatic nitrogens is 3. The molecule has 2 aromatic rings. The van der Waals surface area contributed by atoms with Gasteiger partial charge in [0, 0.05) is 12.1 Å². The number of nitrogens with zero attached hydrogens (tertiary/aromatic N) is 3. The number of rotatable bonds is 3. The monoisotopic (exact) mass is 249 g/mol. The third-order valence-corrected chi connectivity index (χ3v) is 2.53. The van der Waals surface area contributed by atoms with Crippen molar-refractivity contribution in [3.05, 3.63) is 35.8 Å². The fraction of sp³-hybridized carbons (Fsp3) is 0.250. The lowest BCUT2D eigenvalue weighted by molar-refractivity contribution is 0.0600. The summed E-state index contributed by atoms with van der Waals surface area (Å²) < 4.78 is 19.7. The predicted molar refractivity (Wildman–Crippen MR) is 62.4 cm³/mol. The molecule has 0 aliphatic rings. The smallest absolute Gasteiger partial charge is 0.337 e. The van der Waals surface area contributed by atoms with Crippen molar-refractivity contribution in [2.75, 3.05) is 7.11 Å². The van der Waals surface area contributed by atoms with Crippen molar-refractivity contribution in [2.45, 2.75) is 13.5 Å². The summed E-state index contributed by atoms with van der Waals surface area (Å²) >= 11 is 0. The molecule has 1 aromatic carbocycles. The number of esters is 1. The van der Waals surface area contributed by atoms with Crippen LogP contribution in [0.5, 0.6) is 0 Å². The molecule has 0 atom stereocenters. The molecule has 0 spiro atoms. The summed E-state index contributed by atoms with van der Waals surface area (Å²) in [5.74, 6) is -1.08. The second kappa shape index (κ2) is 4.95. The van der Waals surface area contributed by atoms with Crippen LogP contribution in [0.1, 0.15) is 17.3 Å². The van der Waals surface area contributed by atoms with Gasteiger partial charge >= 0.3 is 5.97 Å². The SMILES string of the molecule is CCn1nncc1-c1cc(F)cc(C(=O)OC)c1. The lowest BCUT2D eigenvalue weighted by Crippen LogP contribution is -2.04. The van der Waals surface area contributed by atoms with Crippen LogP contribution in [0.2, 0.25) is 0 Å². The van der Waals surface area contributed by atoms with E-state index in [0.717, 1.165) is 6.07 Å². The number of carbonyl (C=O) groups is 1. The molecule has 18 heavy (non-hydrogen) atoms. The number of aryl methyl sites for hydroxylation is 1. The maximum atomic E-state index is 13.5. The first-order valence-electron chi connectivity index (χ1n) is 5.43. The van der Waals surface area contributed by atoms with Crippen molar-refractivity contribution < 1.29 is 13.9 Å². The normalized spacial score (nSPS) is 10.4. The molecule has 1 heterocycles. The van der Waals surface area contributed by atoms with Crippen LogP contribution in [-0.2, 0) is 11.3 Å². The van der Waals surface area contributed by atoms with Gasteiger partial charge in [0.05, 0.1) is 24.6 Å². The number of hydrogen-bond donors (Lipinski definition) is 0. The second-order valence-corrected chi connectivity index (χ2v) is 3.66. The van der Waals surface area contributed by atoms with Gasteiger partial charge in [0.1, 0.15) is 5.82 Å². The molecule has 0 amide bonds. The van der Waals surface area contributed by atoms with E-state index in [2.05, 4.69) is 15.0 Å². The summed E-state index contributed by atoms with van der Waals surface area (Å²) in [6.45, 7) is 2.51. The lowest BCUT2D eigenvalue weighted by atomic mass is 10.1. The van der Waals surface area contributed by atoms with E-state index >= 15 is 0 Å². The van der Waals surface area contributed by atoms with Crippen LogP contribution in [0.4, 0.5) is 4.39 Å². The van der Waals surface area contributed by atoms with Crippen molar-refractivity contribution in [2.24, 2.45) is 0 Å². The Morgan fingerprint density at radius 3 is 2.89 bits per heavy atom. The molecular weight excluding hydrogens is 237 g/mol. The first kappa shape index (κ1) is 12.2. The number of hydrogen-bond acceptors (Lipinski definition) is 4. The van der Waals surface area contributed by atoms with Crippen LogP contribution in [-0.4, -0.2) is 28.1 Å². The van der Waals surface area contributed by atoms with E-state index in [4.69, 9.17) is 0 Å². The molecule has 0 aliphatic heterocycles. The van der Waals surface area contributed by atoms with Crippen LogP contribution in [0, 0.1) is 5.82 Å². The molecule has 0 saturated heterocycles. The summed E-state index contributed by atoms with van der Waals surface area (Å²) in [6, 6.07) is 4.02. The third kappa shape index (κ3) is 2.22. The maximum absolute atomic E-state index is 13.5. The molecule has 5 nitrogen and oxygen atoms in total. The molecule has 0 unspecified atom stereocenters. The van der Waals surface area contributed by atoms with E-state index in [9.17, 15) is 9.18 Å². The van der Waals surface area contributed by atoms with Crippen LogP contribution in [0.25, 0.3) is 11.3 Å². The highest BCUT2D eigenvalue weighted by Crippen LogP contribution is 2.21. The zero-order chi connectivity index (χ0) is 13.1. The first-order valence-corrected chi connectivity index (χ1v) is 5.43. The van der Waals surface area contributed by atoms with E-state index in [1.54, 1.807) is 10.7 Å². The van der Waals surface area contributed by atoms with Crippen molar-refractivity contribution in [1.82, 2.24) is 15.0 Å². The largest absolute Gasteiger partial charge is 0.465 e. The van der Waals surface area contributed by atoms with Gasteiger partial charge in [-0.2, -0.15) is 0 Å². The third-order valence-electron chi connectivity index (χ3n) is 2.53. The van der Waals surface area contributed by atoms with E-state index in [1.165, 1.54) is 19.4 Å². The van der Waals surface area contributed by atoms with Gasteiger partial charge in [-0.25, -0.2) is 13.9 Å². The van der Waals surface area contributed by atoms with Crippen molar-refractivity contribution in [3.63, 3.8) is 0 Å². The zero-order valence-electron chi connectivity index (χ0n) is 10.1. The average Bonchev–Trinajstić information content (AvgIpc) is 2.85. The fourth-order valence-corrected chi connectivity index (χ4v) is 1.69. The first-order chi connectivity index (χ1) is 8.65. The van der Waals surface area contributed by atoms with Crippen LogP contribution in [0.3, 0.4) is 0 Å². The van der Waals surface area contributed by atoms with Gasteiger partial charge in [-0.3, -0.25) is 0 Å².